The molecule has 10 nitrogen and oxygen atoms in total. The Kier molecular flexibility index (Phi) is 6.03. The second-order valence-electron chi connectivity index (χ2n) is 8.56. The zero-order chi connectivity index (χ0) is 24.8. The number of carbonyl (C=O) groups is 3. The van der Waals surface area contributed by atoms with Crippen molar-refractivity contribution in [3.8, 4) is 0 Å². The number of sulfonamides is 1. The number of ether oxygens (including phenoxy) is 2. The number of benzene rings is 1. The SMILES string of the molecule is COC(=O)c1c(C)oc(C)c1S(=O)(=O)N1CCN(C(=O)C2(C)Cc3ccccc3C(=O)O2)CC1. The molecule has 0 bridgehead atoms. The molecule has 0 aliphatic carbocycles. The number of piperazine rings is 1. The molecular formula is C23H26N2O8S. The van der Waals surface area contributed by atoms with Crippen LogP contribution in [0, 0.1) is 13.8 Å². The summed E-state index contributed by atoms with van der Waals surface area (Å²) in [5.74, 6) is -1.48. The Morgan fingerprint density at radius 3 is 2.35 bits per heavy atom. The van der Waals surface area contributed by atoms with Gasteiger partial charge in [-0.25, -0.2) is 18.0 Å². The predicted molar refractivity (Wildman–Crippen MR) is 119 cm³/mol. The number of esters is 2. The van der Waals surface area contributed by atoms with Crippen molar-refractivity contribution in [2.45, 2.75) is 37.7 Å². The normalized spacial score (nSPS) is 21.1. The Hall–Kier alpha value is -3.18. The van der Waals surface area contributed by atoms with E-state index in [2.05, 4.69) is 0 Å². The van der Waals surface area contributed by atoms with E-state index in [1.54, 1.807) is 31.2 Å². The van der Waals surface area contributed by atoms with Crippen molar-refractivity contribution in [1.82, 2.24) is 9.21 Å². The van der Waals surface area contributed by atoms with Gasteiger partial charge in [-0.1, -0.05) is 18.2 Å². The van der Waals surface area contributed by atoms with Gasteiger partial charge >= 0.3 is 11.9 Å². The van der Waals surface area contributed by atoms with Gasteiger partial charge in [-0.05, 0) is 32.4 Å². The summed E-state index contributed by atoms with van der Waals surface area (Å²) in [5, 5.41) is 0. The molecule has 0 saturated carbocycles. The number of methoxy groups -OCH3 is 1. The third-order valence-electron chi connectivity index (χ3n) is 6.25. The van der Waals surface area contributed by atoms with Crippen molar-refractivity contribution in [1.29, 1.82) is 0 Å². The monoisotopic (exact) mass is 490 g/mol. The minimum Gasteiger partial charge on any atom is -0.465 e. The minimum absolute atomic E-state index is 0.0129. The first-order chi connectivity index (χ1) is 16.0. The number of rotatable bonds is 4. The number of cyclic esters (lactones) is 1. The lowest BCUT2D eigenvalue weighted by molar-refractivity contribution is -0.152. The lowest BCUT2D eigenvalue weighted by Gasteiger charge is -2.40. The third kappa shape index (κ3) is 3.88. The summed E-state index contributed by atoms with van der Waals surface area (Å²) in [5.41, 5.74) is -0.324. The summed E-state index contributed by atoms with van der Waals surface area (Å²) in [4.78, 5) is 39.2. The molecule has 1 saturated heterocycles. The second kappa shape index (κ2) is 8.55. The fraction of sp³-hybridized carbons (Fsp3) is 0.435. The summed E-state index contributed by atoms with van der Waals surface area (Å²) in [7, 11) is -2.91. The highest BCUT2D eigenvalue weighted by atomic mass is 32.2. The molecule has 1 amide bonds. The number of aryl methyl sites for hydroxylation is 2. The van der Waals surface area contributed by atoms with Crippen LogP contribution in [0.3, 0.4) is 0 Å². The summed E-state index contributed by atoms with van der Waals surface area (Å²) in [6.45, 7) is 4.79. The second-order valence-corrected chi connectivity index (χ2v) is 10.4. The molecule has 182 valence electrons. The number of carbonyl (C=O) groups excluding carboxylic acids is 3. The van der Waals surface area contributed by atoms with Crippen LogP contribution < -0.4 is 0 Å². The number of amides is 1. The highest BCUT2D eigenvalue weighted by molar-refractivity contribution is 7.89. The van der Waals surface area contributed by atoms with Crippen molar-refractivity contribution in [2.75, 3.05) is 33.3 Å². The lowest BCUT2D eigenvalue weighted by atomic mass is 9.89. The van der Waals surface area contributed by atoms with E-state index in [0.717, 1.165) is 5.56 Å². The van der Waals surface area contributed by atoms with E-state index < -0.39 is 27.6 Å². The van der Waals surface area contributed by atoms with Crippen LogP contribution in [0.4, 0.5) is 0 Å². The van der Waals surface area contributed by atoms with Gasteiger partial charge in [0.2, 0.25) is 10.0 Å². The van der Waals surface area contributed by atoms with Gasteiger partial charge in [0, 0.05) is 32.6 Å². The van der Waals surface area contributed by atoms with E-state index in [1.807, 2.05) is 0 Å². The molecule has 2 aromatic rings. The van der Waals surface area contributed by atoms with E-state index in [-0.39, 0.29) is 60.5 Å². The van der Waals surface area contributed by atoms with Crippen molar-refractivity contribution in [2.24, 2.45) is 0 Å². The number of hydrogen-bond donors (Lipinski definition) is 0. The van der Waals surface area contributed by atoms with Crippen LogP contribution in [0.1, 0.15) is 44.7 Å². The molecule has 3 heterocycles. The molecule has 1 fully saturated rings. The standard InChI is InChI=1S/C23H26N2O8S/c1-14-18(21(27)31-4)19(15(2)32-14)34(29,30)25-11-9-24(10-12-25)22(28)23(3)13-16-7-5-6-8-17(16)20(26)33-23/h5-8H,9-13H2,1-4H3. The van der Waals surface area contributed by atoms with Crippen LogP contribution in [0.25, 0.3) is 0 Å². The summed E-state index contributed by atoms with van der Waals surface area (Å²) in [6, 6.07) is 6.99. The molecular weight excluding hydrogens is 464 g/mol. The van der Waals surface area contributed by atoms with Crippen LogP contribution in [-0.4, -0.2) is 74.4 Å². The van der Waals surface area contributed by atoms with Gasteiger partial charge in [-0.3, -0.25) is 4.79 Å². The Labute approximate surface area is 197 Å². The first-order valence-corrected chi connectivity index (χ1v) is 12.2. The third-order valence-corrected chi connectivity index (χ3v) is 8.31. The van der Waals surface area contributed by atoms with Gasteiger partial charge in [-0.2, -0.15) is 4.31 Å². The molecule has 11 heteroatoms. The van der Waals surface area contributed by atoms with Gasteiger partial charge < -0.3 is 18.8 Å². The highest BCUT2D eigenvalue weighted by Crippen LogP contribution is 2.32. The Balaban J connectivity index is 1.52. The van der Waals surface area contributed by atoms with Crippen LogP contribution in [-0.2, 0) is 30.7 Å². The minimum atomic E-state index is -4.08. The summed E-state index contributed by atoms with van der Waals surface area (Å²) >= 11 is 0. The van der Waals surface area contributed by atoms with Crippen molar-refractivity contribution in [3.63, 3.8) is 0 Å². The average molecular weight is 491 g/mol. The quantitative estimate of drug-likeness (QED) is 0.593. The molecule has 2 aliphatic heterocycles. The maximum absolute atomic E-state index is 13.4. The maximum atomic E-state index is 13.4. The van der Waals surface area contributed by atoms with E-state index in [0.29, 0.717) is 5.56 Å². The van der Waals surface area contributed by atoms with Crippen LogP contribution in [0.5, 0.6) is 0 Å². The Bertz CT molecular complexity index is 1270. The zero-order valence-electron chi connectivity index (χ0n) is 19.4. The lowest BCUT2D eigenvalue weighted by Crippen LogP contribution is -2.58. The number of fused-ring (bicyclic) bond motifs is 1. The molecule has 0 spiro atoms. The summed E-state index contributed by atoms with van der Waals surface area (Å²) in [6.07, 6.45) is 0.238. The molecule has 4 rings (SSSR count). The number of nitrogens with zero attached hydrogens (tertiary/aromatic N) is 2. The van der Waals surface area contributed by atoms with E-state index in [9.17, 15) is 22.8 Å². The van der Waals surface area contributed by atoms with E-state index in [4.69, 9.17) is 13.9 Å². The van der Waals surface area contributed by atoms with Gasteiger partial charge in [-0.15, -0.1) is 0 Å². The maximum Gasteiger partial charge on any atom is 0.342 e. The van der Waals surface area contributed by atoms with Gasteiger partial charge in [0.15, 0.2) is 5.60 Å². The summed E-state index contributed by atoms with van der Waals surface area (Å²) < 4.78 is 43.6. The average Bonchev–Trinajstić information content (AvgIpc) is 3.12. The zero-order valence-corrected chi connectivity index (χ0v) is 20.2. The van der Waals surface area contributed by atoms with Crippen LogP contribution in [0.2, 0.25) is 0 Å². The van der Waals surface area contributed by atoms with E-state index in [1.165, 1.54) is 30.2 Å². The molecule has 1 aromatic carbocycles. The Morgan fingerprint density at radius 2 is 1.71 bits per heavy atom. The number of furan rings is 1. The fourth-order valence-corrected chi connectivity index (χ4v) is 6.35. The van der Waals surface area contributed by atoms with Gasteiger partial charge in [0.05, 0.1) is 12.7 Å². The molecule has 34 heavy (non-hydrogen) atoms. The van der Waals surface area contributed by atoms with Gasteiger partial charge in [0.1, 0.15) is 22.0 Å². The smallest absolute Gasteiger partial charge is 0.342 e. The molecule has 0 N–H and O–H groups in total. The fourth-order valence-electron chi connectivity index (χ4n) is 4.56. The number of hydrogen-bond acceptors (Lipinski definition) is 8. The highest BCUT2D eigenvalue weighted by Gasteiger charge is 2.46. The van der Waals surface area contributed by atoms with Crippen LogP contribution in [0.15, 0.2) is 33.6 Å². The first-order valence-electron chi connectivity index (χ1n) is 10.8. The van der Waals surface area contributed by atoms with Crippen molar-refractivity contribution < 1.29 is 36.7 Å². The predicted octanol–water partition coefficient (Wildman–Crippen LogP) is 1.69. The molecule has 1 unspecified atom stereocenters. The molecule has 0 radical (unpaired) electrons. The van der Waals surface area contributed by atoms with Crippen LogP contribution >= 0.6 is 0 Å². The Morgan fingerprint density at radius 1 is 1.06 bits per heavy atom. The topological polar surface area (TPSA) is 123 Å². The largest absolute Gasteiger partial charge is 0.465 e. The molecule has 1 aromatic heterocycles. The molecule has 2 aliphatic rings. The van der Waals surface area contributed by atoms with Crippen molar-refractivity contribution >= 4 is 27.9 Å². The van der Waals surface area contributed by atoms with E-state index >= 15 is 0 Å². The molecule has 1 atom stereocenters. The van der Waals surface area contributed by atoms with Gasteiger partial charge in [0.25, 0.3) is 5.91 Å². The van der Waals surface area contributed by atoms with Crippen molar-refractivity contribution in [3.05, 3.63) is 52.5 Å². The first kappa shape index (κ1) is 24.0.